The van der Waals surface area contributed by atoms with Crippen molar-refractivity contribution in [3.05, 3.63) is 47.7 Å². The van der Waals surface area contributed by atoms with E-state index in [4.69, 9.17) is 4.74 Å². The fourth-order valence-corrected chi connectivity index (χ4v) is 1.28. The van der Waals surface area contributed by atoms with Crippen molar-refractivity contribution >= 4 is 0 Å². The molecule has 0 aliphatic heterocycles. The van der Waals surface area contributed by atoms with Crippen molar-refractivity contribution in [2.75, 3.05) is 0 Å². The van der Waals surface area contributed by atoms with Crippen LogP contribution < -0.4 is 0 Å². The molecule has 0 spiro atoms. The fraction of sp³-hybridized carbons (Fsp3) is 0.385. The summed E-state index contributed by atoms with van der Waals surface area (Å²) in [7, 11) is 0. The first-order valence-corrected chi connectivity index (χ1v) is 5.22. The van der Waals surface area contributed by atoms with Gasteiger partial charge in [-0.15, -0.1) is 0 Å². The van der Waals surface area contributed by atoms with E-state index in [0.29, 0.717) is 6.61 Å². The Bertz CT molecular complexity index is 275. The second-order valence-electron chi connectivity index (χ2n) is 3.21. The zero-order valence-electron chi connectivity index (χ0n) is 8.99. The standard InChI is InChI=1S/C13H18O/c1-3-8-13(4-2)14-11-12-9-6-5-7-10-12/h5-10H,3-4,11H2,1-2H3/b13-8+. The van der Waals surface area contributed by atoms with Gasteiger partial charge < -0.3 is 4.74 Å². The minimum atomic E-state index is 0.681. The number of benzene rings is 1. The van der Waals surface area contributed by atoms with Crippen molar-refractivity contribution in [1.29, 1.82) is 0 Å². The third-order valence-electron chi connectivity index (χ3n) is 2.05. The van der Waals surface area contributed by atoms with E-state index in [2.05, 4.69) is 32.1 Å². The molecule has 76 valence electrons. The van der Waals surface area contributed by atoms with Crippen LogP contribution in [0.5, 0.6) is 0 Å². The predicted octanol–water partition coefficient (Wildman–Crippen LogP) is 3.91. The molecule has 0 amide bonds. The zero-order chi connectivity index (χ0) is 10.2. The van der Waals surface area contributed by atoms with Gasteiger partial charge in [0.25, 0.3) is 0 Å². The molecular formula is C13H18O. The van der Waals surface area contributed by atoms with Crippen LogP contribution in [0.1, 0.15) is 32.3 Å². The third-order valence-corrected chi connectivity index (χ3v) is 2.05. The molecule has 0 aliphatic carbocycles. The zero-order valence-corrected chi connectivity index (χ0v) is 8.99. The number of allylic oxidation sites excluding steroid dienone is 2. The Labute approximate surface area is 86.4 Å². The van der Waals surface area contributed by atoms with E-state index in [9.17, 15) is 0 Å². The van der Waals surface area contributed by atoms with Crippen LogP contribution in [0.2, 0.25) is 0 Å². The first kappa shape index (κ1) is 10.8. The summed E-state index contributed by atoms with van der Waals surface area (Å²) in [5, 5.41) is 0. The quantitative estimate of drug-likeness (QED) is 0.640. The van der Waals surface area contributed by atoms with Gasteiger partial charge >= 0.3 is 0 Å². The Morgan fingerprint density at radius 2 is 1.93 bits per heavy atom. The van der Waals surface area contributed by atoms with Crippen LogP contribution in [-0.4, -0.2) is 0 Å². The predicted molar refractivity (Wildman–Crippen MR) is 59.9 cm³/mol. The summed E-state index contributed by atoms with van der Waals surface area (Å²) >= 11 is 0. The van der Waals surface area contributed by atoms with Crippen LogP contribution in [0, 0.1) is 0 Å². The van der Waals surface area contributed by atoms with Crippen molar-refractivity contribution in [3.63, 3.8) is 0 Å². The third kappa shape index (κ3) is 3.65. The van der Waals surface area contributed by atoms with Gasteiger partial charge in [-0.2, -0.15) is 0 Å². The van der Waals surface area contributed by atoms with Crippen molar-refractivity contribution in [2.45, 2.75) is 33.3 Å². The van der Waals surface area contributed by atoms with Crippen LogP contribution >= 0.6 is 0 Å². The van der Waals surface area contributed by atoms with Gasteiger partial charge in [0.05, 0.1) is 5.76 Å². The van der Waals surface area contributed by atoms with E-state index in [1.165, 1.54) is 5.56 Å². The maximum absolute atomic E-state index is 5.68. The highest BCUT2D eigenvalue weighted by Crippen LogP contribution is 2.09. The average molecular weight is 190 g/mol. The minimum absolute atomic E-state index is 0.681. The lowest BCUT2D eigenvalue weighted by molar-refractivity contribution is 0.190. The molecule has 0 heterocycles. The molecule has 1 rings (SSSR count). The first-order chi connectivity index (χ1) is 6.86. The first-order valence-electron chi connectivity index (χ1n) is 5.22. The van der Waals surface area contributed by atoms with Crippen LogP contribution in [0.4, 0.5) is 0 Å². The average Bonchev–Trinajstić information content (AvgIpc) is 2.25. The lowest BCUT2D eigenvalue weighted by Crippen LogP contribution is -1.92. The number of ether oxygens (including phenoxy) is 1. The topological polar surface area (TPSA) is 9.23 Å². The summed E-state index contributed by atoms with van der Waals surface area (Å²) in [5.41, 5.74) is 1.22. The molecule has 0 saturated heterocycles. The van der Waals surface area contributed by atoms with E-state index in [-0.39, 0.29) is 0 Å². The van der Waals surface area contributed by atoms with Gasteiger partial charge in [0, 0.05) is 6.42 Å². The number of hydrogen-bond donors (Lipinski definition) is 0. The molecule has 1 aromatic rings. The lowest BCUT2D eigenvalue weighted by Gasteiger charge is -2.08. The van der Waals surface area contributed by atoms with Gasteiger partial charge in [-0.1, -0.05) is 44.2 Å². The summed E-state index contributed by atoms with van der Waals surface area (Å²) < 4.78 is 5.68. The molecule has 0 fully saturated rings. The second kappa shape index (κ2) is 6.25. The molecule has 0 aromatic heterocycles. The largest absolute Gasteiger partial charge is 0.494 e. The summed E-state index contributed by atoms with van der Waals surface area (Å²) in [4.78, 5) is 0. The maximum atomic E-state index is 5.68. The fourth-order valence-electron chi connectivity index (χ4n) is 1.28. The highest BCUT2D eigenvalue weighted by Gasteiger charge is 1.95. The van der Waals surface area contributed by atoms with Crippen molar-refractivity contribution in [2.24, 2.45) is 0 Å². The summed E-state index contributed by atoms with van der Waals surface area (Å²) in [5.74, 6) is 1.09. The van der Waals surface area contributed by atoms with E-state index in [1.54, 1.807) is 0 Å². The van der Waals surface area contributed by atoms with Gasteiger partial charge in [0.15, 0.2) is 0 Å². The second-order valence-corrected chi connectivity index (χ2v) is 3.21. The van der Waals surface area contributed by atoms with Crippen molar-refractivity contribution in [3.8, 4) is 0 Å². The molecule has 0 saturated carbocycles. The van der Waals surface area contributed by atoms with Gasteiger partial charge in [0.1, 0.15) is 6.61 Å². The molecule has 0 radical (unpaired) electrons. The van der Waals surface area contributed by atoms with Crippen LogP contribution in [-0.2, 0) is 11.3 Å². The van der Waals surface area contributed by atoms with Gasteiger partial charge in [-0.05, 0) is 18.1 Å². The molecule has 14 heavy (non-hydrogen) atoms. The molecule has 0 unspecified atom stereocenters. The number of hydrogen-bond acceptors (Lipinski definition) is 1. The molecule has 0 bridgehead atoms. The van der Waals surface area contributed by atoms with Crippen LogP contribution in [0.3, 0.4) is 0 Å². The SMILES string of the molecule is CC/C=C(\CC)OCc1ccccc1. The molecular weight excluding hydrogens is 172 g/mol. The summed E-state index contributed by atoms with van der Waals surface area (Å²) in [6.07, 6.45) is 4.15. The van der Waals surface area contributed by atoms with Gasteiger partial charge in [0.2, 0.25) is 0 Å². The Kier molecular flexibility index (Phi) is 4.84. The highest BCUT2D eigenvalue weighted by atomic mass is 16.5. The Morgan fingerprint density at radius 3 is 2.50 bits per heavy atom. The molecule has 1 aromatic carbocycles. The summed E-state index contributed by atoms with van der Waals surface area (Å²) in [6, 6.07) is 10.3. The molecule has 0 aliphatic rings. The lowest BCUT2D eigenvalue weighted by atomic mass is 10.2. The van der Waals surface area contributed by atoms with Crippen LogP contribution in [0.15, 0.2) is 42.2 Å². The summed E-state index contributed by atoms with van der Waals surface area (Å²) in [6.45, 7) is 4.93. The van der Waals surface area contributed by atoms with E-state index < -0.39 is 0 Å². The maximum Gasteiger partial charge on any atom is 0.113 e. The normalized spacial score (nSPS) is 11.4. The van der Waals surface area contributed by atoms with Crippen molar-refractivity contribution in [1.82, 2.24) is 0 Å². The number of rotatable bonds is 5. The molecule has 0 atom stereocenters. The molecule has 0 N–H and O–H groups in total. The smallest absolute Gasteiger partial charge is 0.113 e. The van der Waals surface area contributed by atoms with E-state index in [0.717, 1.165) is 18.6 Å². The Morgan fingerprint density at radius 1 is 1.21 bits per heavy atom. The Hall–Kier alpha value is -1.24. The Balaban J connectivity index is 2.44. The monoisotopic (exact) mass is 190 g/mol. The van der Waals surface area contributed by atoms with E-state index >= 15 is 0 Å². The molecule has 1 heteroatoms. The van der Waals surface area contributed by atoms with Crippen LogP contribution in [0.25, 0.3) is 0 Å². The van der Waals surface area contributed by atoms with Crippen molar-refractivity contribution < 1.29 is 4.74 Å². The van der Waals surface area contributed by atoms with Gasteiger partial charge in [-0.25, -0.2) is 0 Å². The van der Waals surface area contributed by atoms with Gasteiger partial charge in [-0.3, -0.25) is 0 Å². The highest BCUT2D eigenvalue weighted by molar-refractivity contribution is 5.13. The minimum Gasteiger partial charge on any atom is -0.494 e. The van der Waals surface area contributed by atoms with E-state index in [1.807, 2.05) is 18.2 Å². The molecule has 1 nitrogen and oxygen atoms in total.